The molecular formula is C14H15F2N3O2. The van der Waals surface area contributed by atoms with Crippen molar-refractivity contribution in [2.75, 3.05) is 11.9 Å². The summed E-state index contributed by atoms with van der Waals surface area (Å²) >= 11 is 0. The summed E-state index contributed by atoms with van der Waals surface area (Å²) in [6, 6.07) is 3.08. The van der Waals surface area contributed by atoms with Gasteiger partial charge < -0.3 is 9.73 Å². The first-order valence-corrected chi connectivity index (χ1v) is 6.37. The number of oxazole rings is 1. The molecule has 2 rings (SSSR count). The molecule has 1 amide bonds. The molecule has 0 radical (unpaired) electrons. The maximum Gasteiger partial charge on any atom is 0.238 e. The van der Waals surface area contributed by atoms with Gasteiger partial charge >= 0.3 is 0 Å². The van der Waals surface area contributed by atoms with Gasteiger partial charge in [0.2, 0.25) is 11.8 Å². The average molecular weight is 295 g/mol. The van der Waals surface area contributed by atoms with E-state index in [-0.39, 0.29) is 12.6 Å². The number of aromatic nitrogens is 1. The van der Waals surface area contributed by atoms with Gasteiger partial charge in [0, 0.05) is 0 Å². The highest BCUT2D eigenvalue weighted by Crippen LogP contribution is 2.17. The number of nitrogens with zero attached hydrogens (tertiary/aromatic N) is 1. The highest BCUT2D eigenvalue weighted by atomic mass is 19.1. The van der Waals surface area contributed by atoms with Crippen molar-refractivity contribution in [3.05, 3.63) is 47.7 Å². The van der Waals surface area contributed by atoms with E-state index in [0.29, 0.717) is 11.7 Å². The first-order valence-electron chi connectivity index (χ1n) is 6.37. The number of halogens is 2. The maximum absolute atomic E-state index is 13.4. The van der Waals surface area contributed by atoms with E-state index in [0.717, 1.165) is 12.1 Å². The first-order chi connectivity index (χ1) is 9.97. The normalized spacial score (nSPS) is 12.2. The fraction of sp³-hybridized carbons (Fsp3) is 0.286. The molecule has 1 aromatic heterocycles. The number of para-hydroxylation sites is 1. The smallest absolute Gasteiger partial charge is 0.238 e. The molecule has 0 aliphatic heterocycles. The second-order valence-electron chi connectivity index (χ2n) is 4.56. The Morgan fingerprint density at radius 1 is 1.38 bits per heavy atom. The van der Waals surface area contributed by atoms with Crippen LogP contribution in [-0.2, 0) is 4.79 Å². The van der Waals surface area contributed by atoms with Crippen molar-refractivity contribution >= 4 is 11.6 Å². The largest absolute Gasteiger partial charge is 0.444 e. The number of carbonyl (C=O) groups excluding carboxylic acids is 1. The molecule has 0 saturated heterocycles. The van der Waals surface area contributed by atoms with Gasteiger partial charge in [-0.25, -0.2) is 13.8 Å². The third kappa shape index (κ3) is 3.85. The van der Waals surface area contributed by atoms with Gasteiger partial charge in [-0.2, -0.15) is 0 Å². The van der Waals surface area contributed by atoms with Crippen molar-refractivity contribution in [3.63, 3.8) is 0 Å². The zero-order chi connectivity index (χ0) is 15.4. The van der Waals surface area contributed by atoms with E-state index in [9.17, 15) is 13.6 Å². The number of hydrogen-bond donors (Lipinski definition) is 2. The van der Waals surface area contributed by atoms with Crippen LogP contribution in [-0.4, -0.2) is 17.4 Å². The van der Waals surface area contributed by atoms with Crippen LogP contribution in [0.2, 0.25) is 0 Å². The number of anilines is 1. The van der Waals surface area contributed by atoms with Crippen molar-refractivity contribution in [2.45, 2.75) is 19.9 Å². The van der Waals surface area contributed by atoms with Gasteiger partial charge in [0.25, 0.3) is 0 Å². The molecule has 112 valence electrons. The Labute approximate surface area is 120 Å². The van der Waals surface area contributed by atoms with E-state index in [1.54, 1.807) is 20.0 Å². The summed E-state index contributed by atoms with van der Waals surface area (Å²) in [7, 11) is 0. The Morgan fingerprint density at radius 2 is 2.05 bits per heavy atom. The van der Waals surface area contributed by atoms with Crippen molar-refractivity contribution in [1.29, 1.82) is 0 Å². The predicted molar refractivity (Wildman–Crippen MR) is 72.6 cm³/mol. The van der Waals surface area contributed by atoms with Gasteiger partial charge in [0.05, 0.1) is 18.8 Å². The maximum atomic E-state index is 13.4. The lowest BCUT2D eigenvalue weighted by Gasteiger charge is -2.11. The van der Waals surface area contributed by atoms with E-state index in [1.807, 2.05) is 0 Å². The van der Waals surface area contributed by atoms with E-state index in [4.69, 9.17) is 4.42 Å². The molecule has 7 heteroatoms. The molecule has 21 heavy (non-hydrogen) atoms. The number of amides is 1. The minimum absolute atomic E-state index is 0.129. The number of hydrogen-bond acceptors (Lipinski definition) is 4. The summed E-state index contributed by atoms with van der Waals surface area (Å²) in [5.74, 6) is -1.09. The van der Waals surface area contributed by atoms with Crippen molar-refractivity contribution < 1.29 is 18.0 Å². The molecule has 2 aromatic rings. The van der Waals surface area contributed by atoms with Crippen LogP contribution >= 0.6 is 0 Å². The topological polar surface area (TPSA) is 67.2 Å². The molecule has 2 N–H and O–H groups in total. The van der Waals surface area contributed by atoms with Gasteiger partial charge in [0.15, 0.2) is 0 Å². The Balaban J connectivity index is 1.90. The molecule has 5 nitrogen and oxygen atoms in total. The first kappa shape index (κ1) is 15.1. The van der Waals surface area contributed by atoms with Gasteiger partial charge in [-0.1, -0.05) is 6.07 Å². The number of aryl methyl sites for hydroxylation is 1. The van der Waals surface area contributed by atoms with Crippen molar-refractivity contribution in [1.82, 2.24) is 10.3 Å². The molecule has 0 fully saturated rings. The lowest BCUT2D eigenvalue weighted by Crippen LogP contribution is -2.30. The van der Waals surface area contributed by atoms with Gasteiger partial charge in [-0.15, -0.1) is 0 Å². The molecular weight excluding hydrogens is 280 g/mol. The second-order valence-corrected chi connectivity index (χ2v) is 4.56. The van der Waals surface area contributed by atoms with Crippen LogP contribution < -0.4 is 10.6 Å². The summed E-state index contributed by atoms with van der Waals surface area (Å²) in [5.41, 5.74) is -0.455. The molecule has 0 aliphatic rings. The van der Waals surface area contributed by atoms with E-state index >= 15 is 0 Å². The zero-order valence-electron chi connectivity index (χ0n) is 11.6. The standard InChI is InChI=1S/C14H15F2N3O2/c1-8-6-18-14(21-8)9(2)17-7-12(20)19-13-10(15)4-3-5-11(13)16/h3-6,9,17H,7H2,1-2H3,(H,19,20). The molecule has 1 aromatic carbocycles. The van der Waals surface area contributed by atoms with Gasteiger partial charge in [0.1, 0.15) is 23.1 Å². The molecule has 1 unspecified atom stereocenters. The second kappa shape index (κ2) is 6.45. The Bertz CT molecular complexity index is 623. The van der Waals surface area contributed by atoms with Gasteiger partial charge in [-0.05, 0) is 26.0 Å². The summed E-state index contributed by atoms with van der Waals surface area (Å²) in [5, 5.41) is 5.05. The summed E-state index contributed by atoms with van der Waals surface area (Å²) in [4.78, 5) is 15.7. The molecule has 0 saturated carbocycles. The third-order valence-corrected chi connectivity index (χ3v) is 2.81. The average Bonchev–Trinajstić information content (AvgIpc) is 2.87. The molecule has 0 spiro atoms. The van der Waals surface area contributed by atoms with Crippen LogP contribution in [0.5, 0.6) is 0 Å². The van der Waals surface area contributed by atoms with E-state index in [1.165, 1.54) is 6.07 Å². The number of rotatable bonds is 5. The molecule has 0 aliphatic carbocycles. The predicted octanol–water partition coefficient (Wildman–Crippen LogP) is 2.55. The monoisotopic (exact) mass is 295 g/mol. The highest BCUT2D eigenvalue weighted by molar-refractivity contribution is 5.92. The van der Waals surface area contributed by atoms with Crippen molar-refractivity contribution in [3.8, 4) is 0 Å². The number of benzene rings is 1. The number of carbonyl (C=O) groups is 1. The minimum atomic E-state index is -0.820. The third-order valence-electron chi connectivity index (χ3n) is 2.81. The summed E-state index contributed by atoms with van der Waals surface area (Å²) in [6.07, 6.45) is 1.57. The van der Waals surface area contributed by atoms with Crippen LogP contribution in [0.3, 0.4) is 0 Å². The Hall–Kier alpha value is -2.28. The summed E-state index contributed by atoms with van der Waals surface area (Å²) in [6.45, 7) is 3.40. The highest BCUT2D eigenvalue weighted by Gasteiger charge is 2.15. The van der Waals surface area contributed by atoms with Crippen LogP contribution in [0.25, 0.3) is 0 Å². The lowest BCUT2D eigenvalue weighted by atomic mass is 10.3. The van der Waals surface area contributed by atoms with E-state index in [2.05, 4.69) is 15.6 Å². The quantitative estimate of drug-likeness (QED) is 0.889. The SMILES string of the molecule is Cc1cnc(C(C)NCC(=O)Nc2c(F)cccc2F)o1. The van der Waals surface area contributed by atoms with Crippen molar-refractivity contribution in [2.24, 2.45) is 0 Å². The Kier molecular flexibility index (Phi) is 4.64. The number of nitrogens with one attached hydrogen (secondary N) is 2. The fourth-order valence-electron chi connectivity index (χ4n) is 1.71. The van der Waals surface area contributed by atoms with Crippen LogP contribution in [0.15, 0.2) is 28.8 Å². The Morgan fingerprint density at radius 3 is 2.62 bits per heavy atom. The van der Waals surface area contributed by atoms with Gasteiger partial charge in [-0.3, -0.25) is 10.1 Å². The molecule has 0 bridgehead atoms. The minimum Gasteiger partial charge on any atom is -0.444 e. The van der Waals surface area contributed by atoms with Crippen LogP contribution in [0.4, 0.5) is 14.5 Å². The summed E-state index contributed by atoms with van der Waals surface area (Å²) < 4.78 is 32.1. The van der Waals surface area contributed by atoms with Crippen LogP contribution in [0.1, 0.15) is 24.6 Å². The fourth-order valence-corrected chi connectivity index (χ4v) is 1.71. The van der Waals surface area contributed by atoms with E-state index < -0.39 is 23.2 Å². The van der Waals surface area contributed by atoms with Crippen LogP contribution in [0, 0.1) is 18.6 Å². The zero-order valence-corrected chi connectivity index (χ0v) is 11.6. The molecule has 1 atom stereocenters. The lowest BCUT2D eigenvalue weighted by molar-refractivity contribution is -0.115. The molecule has 1 heterocycles.